The van der Waals surface area contributed by atoms with E-state index in [1.807, 2.05) is 0 Å². The highest BCUT2D eigenvalue weighted by Crippen LogP contribution is 2.29. The van der Waals surface area contributed by atoms with Crippen LogP contribution in [-0.4, -0.2) is 31.8 Å². The Balaban J connectivity index is 1.80. The number of ether oxygens (including phenoxy) is 1. The molecule has 3 nitrogen and oxygen atoms in total. The quantitative estimate of drug-likeness (QED) is 0.668. The van der Waals surface area contributed by atoms with E-state index in [0.29, 0.717) is 0 Å². The highest BCUT2D eigenvalue weighted by Gasteiger charge is 2.32. The fourth-order valence-electron chi connectivity index (χ4n) is 1.90. The van der Waals surface area contributed by atoms with Gasteiger partial charge in [-0.05, 0) is 38.1 Å². The van der Waals surface area contributed by atoms with Gasteiger partial charge in [0.25, 0.3) is 0 Å². The Labute approximate surface area is 80.0 Å². The molecule has 0 amide bonds. The van der Waals surface area contributed by atoms with E-state index in [1.54, 1.807) is 0 Å². The van der Waals surface area contributed by atoms with Crippen molar-refractivity contribution in [2.75, 3.05) is 26.3 Å². The lowest BCUT2D eigenvalue weighted by Gasteiger charge is -2.37. The van der Waals surface area contributed by atoms with Crippen LogP contribution < -0.4 is 11.1 Å². The molecule has 0 radical (unpaired) electrons. The van der Waals surface area contributed by atoms with E-state index in [-0.39, 0.29) is 5.54 Å². The lowest BCUT2D eigenvalue weighted by atomic mass is 9.90. The van der Waals surface area contributed by atoms with Crippen LogP contribution in [0.25, 0.3) is 0 Å². The minimum absolute atomic E-state index is 0.195. The summed E-state index contributed by atoms with van der Waals surface area (Å²) in [5, 5.41) is 3.64. The summed E-state index contributed by atoms with van der Waals surface area (Å²) in [7, 11) is 0. The van der Waals surface area contributed by atoms with Gasteiger partial charge in [0.1, 0.15) is 0 Å². The van der Waals surface area contributed by atoms with E-state index in [2.05, 4.69) is 5.32 Å². The maximum atomic E-state index is 5.83. The molecule has 76 valence electrons. The highest BCUT2D eigenvalue weighted by atomic mass is 16.5. The summed E-state index contributed by atoms with van der Waals surface area (Å²) < 4.78 is 5.35. The Hall–Kier alpha value is -0.120. The van der Waals surface area contributed by atoms with E-state index in [4.69, 9.17) is 10.5 Å². The summed E-state index contributed by atoms with van der Waals surface area (Å²) in [4.78, 5) is 0. The minimum atomic E-state index is 0.195. The second-order valence-corrected chi connectivity index (χ2v) is 4.42. The first-order chi connectivity index (χ1) is 6.35. The van der Waals surface area contributed by atoms with Crippen molar-refractivity contribution in [3.8, 4) is 0 Å². The molecule has 0 aromatic rings. The first-order valence-electron chi connectivity index (χ1n) is 5.37. The zero-order valence-electron chi connectivity index (χ0n) is 8.22. The van der Waals surface area contributed by atoms with Gasteiger partial charge in [0.2, 0.25) is 0 Å². The van der Waals surface area contributed by atoms with Crippen molar-refractivity contribution < 1.29 is 4.74 Å². The molecule has 2 rings (SSSR count). The van der Waals surface area contributed by atoms with Gasteiger partial charge in [-0.25, -0.2) is 0 Å². The summed E-state index contributed by atoms with van der Waals surface area (Å²) in [5.74, 6) is 0.936. The van der Waals surface area contributed by atoms with Crippen LogP contribution in [0.4, 0.5) is 0 Å². The minimum Gasteiger partial charge on any atom is -0.381 e. The highest BCUT2D eigenvalue weighted by molar-refractivity contribution is 4.92. The third kappa shape index (κ3) is 2.42. The average molecular weight is 184 g/mol. The molecule has 13 heavy (non-hydrogen) atoms. The van der Waals surface area contributed by atoms with Crippen LogP contribution >= 0.6 is 0 Å². The fourth-order valence-corrected chi connectivity index (χ4v) is 1.90. The standard InChI is InChI=1S/C10H20N2O/c11-8-10(3-5-13-6-4-10)12-7-9-1-2-9/h9,12H,1-8,11H2. The lowest BCUT2D eigenvalue weighted by molar-refractivity contribution is 0.0411. The van der Waals surface area contributed by atoms with Crippen molar-refractivity contribution in [2.45, 2.75) is 31.2 Å². The van der Waals surface area contributed by atoms with Crippen LogP contribution in [-0.2, 0) is 4.74 Å². The molecule has 0 spiro atoms. The molecule has 0 unspecified atom stereocenters. The molecule has 1 heterocycles. The predicted octanol–water partition coefficient (Wildman–Crippen LogP) is 0.494. The van der Waals surface area contributed by atoms with E-state index in [9.17, 15) is 0 Å². The summed E-state index contributed by atoms with van der Waals surface area (Å²) in [6.07, 6.45) is 4.97. The van der Waals surface area contributed by atoms with Crippen molar-refractivity contribution in [2.24, 2.45) is 11.7 Å². The van der Waals surface area contributed by atoms with Crippen molar-refractivity contribution in [1.29, 1.82) is 0 Å². The van der Waals surface area contributed by atoms with E-state index in [0.717, 1.165) is 45.1 Å². The third-order valence-corrected chi connectivity index (χ3v) is 3.30. The van der Waals surface area contributed by atoms with Crippen LogP contribution in [0.2, 0.25) is 0 Å². The summed E-state index contributed by atoms with van der Waals surface area (Å²) in [5.41, 5.74) is 6.02. The molecular weight excluding hydrogens is 164 g/mol. The van der Waals surface area contributed by atoms with E-state index < -0.39 is 0 Å². The number of hydrogen-bond donors (Lipinski definition) is 2. The maximum absolute atomic E-state index is 5.83. The number of nitrogens with one attached hydrogen (secondary N) is 1. The molecule has 3 heteroatoms. The number of hydrogen-bond acceptors (Lipinski definition) is 3. The molecule has 2 aliphatic rings. The molecule has 0 bridgehead atoms. The van der Waals surface area contributed by atoms with Gasteiger partial charge in [0.05, 0.1) is 0 Å². The van der Waals surface area contributed by atoms with Crippen LogP contribution in [0.5, 0.6) is 0 Å². The maximum Gasteiger partial charge on any atom is 0.0484 e. The predicted molar refractivity (Wildman–Crippen MR) is 52.6 cm³/mol. The molecule has 2 fully saturated rings. The summed E-state index contributed by atoms with van der Waals surface area (Å²) >= 11 is 0. The topological polar surface area (TPSA) is 47.3 Å². The Morgan fingerprint density at radius 3 is 2.54 bits per heavy atom. The Kier molecular flexibility index (Phi) is 2.86. The smallest absolute Gasteiger partial charge is 0.0484 e. The molecular formula is C10H20N2O. The largest absolute Gasteiger partial charge is 0.381 e. The van der Waals surface area contributed by atoms with Crippen LogP contribution in [0.15, 0.2) is 0 Å². The Morgan fingerprint density at radius 1 is 1.31 bits per heavy atom. The first kappa shape index (κ1) is 9.44. The van der Waals surface area contributed by atoms with Crippen LogP contribution in [0, 0.1) is 5.92 Å². The van der Waals surface area contributed by atoms with Gasteiger partial charge in [-0.2, -0.15) is 0 Å². The van der Waals surface area contributed by atoms with Crippen molar-refractivity contribution >= 4 is 0 Å². The van der Waals surface area contributed by atoms with Gasteiger partial charge in [0.15, 0.2) is 0 Å². The third-order valence-electron chi connectivity index (χ3n) is 3.30. The zero-order valence-corrected chi connectivity index (χ0v) is 8.22. The monoisotopic (exact) mass is 184 g/mol. The van der Waals surface area contributed by atoms with Crippen molar-refractivity contribution in [3.05, 3.63) is 0 Å². The molecule has 1 saturated heterocycles. The fraction of sp³-hybridized carbons (Fsp3) is 1.00. The Bertz CT molecular complexity index is 162. The molecule has 0 aromatic carbocycles. The molecule has 0 atom stereocenters. The van der Waals surface area contributed by atoms with Gasteiger partial charge in [-0.1, -0.05) is 0 Å². The SMILES string of the molecule is NCC1(NCC2CC2)CCOCC1. The molecule has 1 saturated carbocycles. The van der Waals surface area contributed by atoms with Gasteiger partial charge in [0, 0.05) is 25.3 Å². The second-order valence-electron chi connectivity index (χ2n) is 4.42. The van der Waals surface area contributed by atoms with Gasteiger partial charge >= 0.3 is 0 Å². The first-order valence-corrected chi connectivity index (χ1v) is 5.37. The normalized spacial score (nSPS) is 27.5. The van der Waals surface area contributed by atoms with E-state index in [1.165, 1.54) is 12.8 Å². The van der Waals surface area contributed by atoms with Crippen molar-refractivity contribution in [1.82, 2.24) is 5.32 Å². The lowest BCUT2D eigenvalue weighted by Crippen LogP contribution is -2.55. The second kappa shape index (κ2) is 3.95. The molecule has 0 aromatic heterocycles. The van der Waals surface area contributed by atoms with Gasteiger partial charge < -0.3 is 15.8 Å². The molecule has 1 aliphatic heterocycles. The molecule has 1 aliphatic carbocycles. The number of nitrogens with two attached hydrogens (primary N) is 1. The van der Waals surface area contributed by atoms with Gasteiger partial charge in [-0.3, -0.25) is 0 Å². The summed E-state index contributed by atoms with van der Waals surface area (Å²) in [6.45, 7) is 3.66. The number of rotatable bonds is 4. The average Bonchev–Trinajstić information content (AvgIpc) is 3.00. The van der Waals surface area contributed by atoms with E-state index >= 15 is 0 Å². The zero-order chi connectivity index (χ0) is 9.15. The summed E-state index contributed by atoms with van der Waals surface area (Å²) in [6, 6.07) is 0. The molecule has 3 N–H and O–H groups in total. The van der Waals surface area contributed by atoms with Crippen LogP contribution in [0.1, 0.15) is 25.7 Å². The van der Waals surface area contributed by atoms with Crippen molar-refractivity contribution in [3.63, 3.8) is 0 Å². The van der Waals surface area contributed by atoms with Crippen LogP contribution in [0.3, 0.4) is 0 Å². The Morgan fingerprint density at radius 2 is 2.00 bits per heavy atom. The van der Waals surface area contributed by atoms with Gasteiger partial charge in [-0.15, -0.1) is 0 Å².